The van der Waals surface area contributed by atoms with Gasteiger partial charge >= 0.3 is 0 Å². The average Bonchev–Trinajstić information content (AvgIpc) is 3.06. The Morgan fingerprint density at radius 1 is 0.871 bits per heavy atom. The maximum absolute atomic E-state index is 13.8. The summed E-state index contributed by atoms with van der Waals surface area (Å²) in [4.78, 5) is 31.1. The van der Waals surface area contributed by atoms with Gasteiger partial charge in [0.15, 0.2) is 0 Å². The van der Waals surface area contributed by atoms with Gasteiger partial charge < -0.3 is 20.4 Å². The number of nitrogens with zero attached hydrogens (tertiary/aromatic N) is 2. The molecule has 1 spiro atoms. The first kappa shape index (κ1) is 19.3. The van der Waals surface area contributed by atoms with E-state index in [9.17, 15) is 9.59 Å². The molecule has 31 heavy (non-hydrogen) atoms. The number of hydrogen-bond acceptors (Lipinski definition) is 4. The minimum absolute atomic E-state index is 0.0883. The average molecular weight is 412 g/mol. The number of benzene rings is 3. The zero-order chi connectivity index (χ0) is 21.6. The molecule has 3 aromatic rings. The van der Waals surface area contributed by atoms with E-state index in [0.29, 0.717) is 17.8 Å². The van der Waals surface area contributed by atoms with Gasteiger partial charge in [0.2, 0.25) is 5.66 Å². The van der Waals surface area contributed by atoms with E-state index in [2.05, 4.69) is 27.7 Å². The maximum atomic E-state index is 13.8. The van der Waals surface area contributed by atoms with Crippen LogP contribution in [-0.2, 0) is 10.5 Å². The number of hydrogen-bond donors (Lipinski definition) is 2. The van der Waals surface area contributed by atoms with Crippen molar-refractivity contribution in [3.05, 3.63) is 95.6 Å². The number of amides is 2. The Kier molecular flexibility index (Phi) is 4.52. The van der Waals surface area contributed by atoms with Crippen LogP contribution in [0.2, 0.25) is 0 Å². The molecule has 5 rings (SSSR count). The van der Waals surface area contributed by atoms with Crippen molar-refractivity contribution in [2.45, 2.75) is 11.7 Å². The van der Waals surface area contributed by atoms with Crippen molar-refractivity contribution in [3.63, 3.8) is 0 Å². The molecule has 156 valence electrons. The molecule has 2 heterocycles. The van der Waals surface area contributed by atoms with Gasteiger partial charge in [-0.05, 0) is 37.9 Å². The van der Waals surface area contributed by atoms with E-state index in [1.807, 2.05) is 74.8 Å². The number of anilines is 2. The fourth-order valence-corrected chi connectivity index (χ4v) is 4.61. The highest BCUT2D eigenvalue weighted by atomic mass is 16.2. The van der Waals surface area contributed by atoms with Gasteiger partial charge in [-0.15, -0.1) is 0 Å². The summed E-state index contributed by atoms with van der Waals surface area (Å²) in [5.41, 5.74) is 2.49. The number of likely N-dealkylation sites (N-methyl/N-ethyl adjacent to an activating group) is 1. The Morgan fingerprint density at radius 3 is 2.26 bits per heavy atom. The minimum atomic E-state index is -1.30. The number of rotatable bonds is 4. The topological polar surface area (TPSA) is 64.7 Å². The first-order chi connectivity index (χ1) is 15.0. The van der Waals surface area contributed by atoms with E-state index >= 15 is 0 Å². The Morgan fingerprint density at radius 2 is 1.52 bits per heavy atom. The third-order valence-corrected chi connectivity index (χ3v) is 6.18. The van der Waals surface area contributed by atoms with Crippen LogP contribution >= 0.6 is 0 Å². The summed E-state index contributed by atoms with van der Waals surface area (Å²) in [7, 11) is 3.98. The van der Waals surface area contributed by atoms with Gasteiger partial charge in [-0.3, -0.25) is 9.59 Å². The molecule has 2 atom stereocenters. The number of nitrogens with one attached hydrogen (secondary N) is 2. The fraction of sp³-hybridized carbons (Fsp3) is 0.200. The lowest BCUT2D eigenvalue weighted by Crippen LogP contribution is -2.62. The first-order valence-corrected chi connectivity index (χ1v) is 10.3. The third kappa shape index (κ3) is 2.91. The van der Waals surface area contributed by atoms with Crippen molar-refractivity contribution < 1.29 is 9.59 Å². The van der Waals surface area contributed by atoms with E-state index in [1.54, 1.807) is 11.0 Å². The number of para-hydroxylation sites is 2. The molecule has 0 saturated carbocycles. The second kappa shape index (κ2) is 7.25. The van der Waals surface area contributed by atoms with Crippen LogP contribution in [0.4, 0.5) is 11.4 Å². The maximum Gasteiger partial charge on any atom is 0.276 e. The Bertz CT molecular complexity index is 1160. The predicted molar refractivity (Wildman–Crippen MR) is 121 cm³/mol. The molecular formula is C25H24N4O2. The molecule has 2 N–H and O–H groups in total. The minimum Gasteiger partial charge on any atom is -0.350 e. The number of carbonyl (C=O) groups is 2. The lowest BCUT2D eigenvalue weighted by atomic mass is 9.91. The van der Waals surface area contributed by atoms with Crippen LogP contribution in [0.3, 0.4) is 0 Å². The van der Waals surface area contributed by atoms with Crippen molar-refractivity contribution in [2.24, 2.45) is 0 Å². The Balaban J connectivity index is 1.68. The van der Waals surface area contributed by atoms with Crippen LogP contribution < -0.4 is 10.6 Å². The zero-order valence-corrected chi connectivity index (χ0v) is 17.5. The van der Waals surface area contributed by atoms with Gasteiger partial charge in [0, 0.05) is 23.5 Å². The predicted octanol–water partition coefficient (Wildman–Crippen LogP) is 3.66. The van der Waals surface area contributed by atoms with Gasteiger partial charge in [-0.1, -0.05) is 60.7 Å². The largest absolute Gasteiger partial charge is 0.350 e. The van der Waals surface area contributed by atoms with Gasteiger partial charge in [0.05, 0.1) is 11.6 Å². The number of fused-ring (bicyclic) bond motifs is 3. The van der Waals surface area contributed by atoms with E-state index in [1.165, 1.54) is 0 Å². The lowest BCUT2D eigenvalue weighted by molar-refractivity contribution is -0.125. The van der Waals surface area contributed by atoms with Crippen molar-refractivity contribution in [1.29, 1.82) is 0 Å². The summed E-state index contributed by atoms with van der Waals surface area (Å²) in [6, 6.07) is 24.9. The van der Waals surface area contributed by atoms with Crippen molar-refractivity contribution >= 4 is 23.2 Å². The summed E-state index contributed by atoms with van der Waals surface area (Å²) in [5.74, 6) is -0.411. The standard InChI is InChI=1S/C25H24N4O2/c1-28(2)22(17-10-4-3-5-11-17)16-29-23(30)18-12-6-8-14-20(18)27-25(29)19-13-7-9-15-21(19)26-24(25)31/h3-15,22,27H,16H2,1-2H3,(H,26,31)/t22-,25-/m1/s1. The summed E-state index contributed by atoms with van der Waals surface area (Å²) >= 11 is 0. The lowest BCUT2D eigenvalue weighted by Gasteiger charge is -2.46. The summed E-state index contributed by atoms with van der Waals surface area (Å²) in [6.07, 6.45) is 0. The highest BCUT2D eigenvalue weighted by Gasteiger charge is 2.56. The normalized spacial score (nSPS) is 20.3. The highest BCUT2D eigenvalue weighted by molar-refractivity contribution is 6.14. The Labute approximate surface area is 181 Å². The molecule has 6 heteroatoms. The van der Waals surface area contributed by atoms with E-state index in [4.69, 9.17) is 0 Å². The van der Waals surface area contributed by atoms with Crippen LogP contribution in [0.15, 0.2) is 78.9 Å². The second-order valence-corrected chi connectivity index (χ2v) is 8.19. The molecule has 6 nitrogen and oxygen atoms in total. The molecule has 0 saturated heterocycles. The third-order valence-electron chi connectivity index (χ3n) is 6.18. The molecule has 3 aromatic carbocycles. The molecule has 0 bridgehead atoms. The Hall–Kier alpha value is -3.64. The van der Waals surface area contributed by atoms with Gasteiger partial charge in [0.25, 0.3) is 11.8 Å². The number of carbonyl (C=O) groups excluding carboxylic acids is 2. The first-order valence-electron chi connectivity index (χ1n) is 10.3. The fourth-order valence-electron chi connectivity index (χ4n) is 4.61. The zero-order valence-electron chi connectivity index (χ0n) is 17.5. The SMILES string of the molecule is CN(C)[C@H](CN1C(=O)c2ccccc2N[C@@]12C(=O)Nc1ccccc12)c1ccccc1. The monoisotopic (exact) mass is 412 g/mol. The van der Waals surface area contributed by atoms with E-state index < -0.39 is 5.66 Å². The molecule has 0 unspecified atom stereocenters. The summed E-state index contributed by atoms with van der Waals surface area (Å²) in [6.45, 7) is 0.346. The van der Waals surface area contributed by atoms with Crippen LogP contribution in [0.5, 0.6) is 0 Å². The van der Waals surface area contributed by atoms with E-state index in [0.717, 1.165) is 16.8 Å². The second-order valence-electron chi connectivity index (χ2n) is 8.19. The molecule has 2 aliphatic rings. The van der Waals surface area contributed by atoms with Crippen LogP contribution in [0.25, 0.3) is 0 Å². The summed E-state index contributed by atoms with van der Waals surface area (Å²) in [5, 5.41) is 6.40. The summed E-state index contributed by atoms with van der Waals surface area (Å²) < 4.78 is 0. The highest BCUT2D eigenvalue weighted by Crippen LogP contribution is 2.46. The van der Waals surface area contributed by atoms with Gasteiger partial charge in [-0.25, -0.2) is 0 Å². The molecule has 0 radical (unpaired) electrons. The molecular weight excluding hydrogens is 388 g/mol. The smallest absolute Gasteiger partial charge is 0.276 e. The van der Waals surface area contributed by atoms with Crippen LogP contribution in [0, 0.1) is 0 Å². The molecule has 2 amide bonds. The molecule has 0 aliphatic carbocycles. The van der Waals surface area contributed by atoms with Crippen LogP contribution in [0.1, 0.15) is 27.5 Å². The van der Waals surface area contributed by atoms with E-state index in [-0.39, 0.29) is 17.9 Å². The molecule has 0 aromatic heterocycles. The van der Waals surface area contributed by atoms with Crippen molar-refractivity contribution in [3.8, 4) is 0 Å². The van der Waals surface area contributed by atoms with Gasteiger partial charge in [0.1, 0.15) is 0 Å². The van der Waals surface area contributed by atoms with Crippen LogP contribution in [-0.4, -0.2) is 42.3 Å². The van der Waals surface area contributed by atoms with Crippen molar-refractivity contribution in [1.82, 2.24) is 9.80 Å². The molecule has 2 aliphatic heterocycles. The van der Waals surface area contributed by atoms with Gasteiger partial charge in [-0.2, -0.15) is 0 Å². The van der Waals surface area contributed by atoms with Crippen molar-refractivity contribution in [2.75, 3.05) is 31.3 Å². The quantitative estimate of drug-likeness (QED) is 0.686. The molecule has 0 fully saturated rings.